The highest BCUT2D eigenvalue weighted by molar-refractivity contribution is 7.16. The molecule has 7 heteroatoms. The van der Waals surface area contributed by atoms with E-state index in [-0.39, 0.29) is 12.2 Å². The molecule has 0 fully saturated rings. The van der Waals surface area contributed by atoms with Crippen LogP contribution in [-0.2, 0) is 11.3 Å². The van der Waals surface area contributed by atoms with E-state index >= 15 is 0 Å². The molecule has 24 heavy (non-hydrogen) atoms. The predicted octanol–water partition coefficient (Wildman–Crippen LogP) is 3.72. The van der Waals surface area contributed by atoms with Gasteiger partial charge in [0.2, 0.25) is 0 Å². The van der Waals surface area contributed by atoms with Gasteiger partial charge in [-0.05, 0) is 30.3 Å². The third-order valence-corrected chi connectivity index (χ3v) is 4.89. The van der Waals surface area contributed by atoms with Crippen molar-refractivity contribution in [3.8, 4) is 0 Å². The predicted molar refractivity (Wildman–Crippen MR) is 93.0 cm³/mol. The van der Waals surface area contributed by atoms with Crippen LogP contribution in [0.15, 0.2) is 43.0 Å². The normalized spacial score (nSPS) is 13.7. The molecular weight excluding hydrogens is 351 g/mol. The minimum atomic E-state index is -0.678. The first-order chi connectivity index (χ1) is 11.5. The fraction of sp³-hybridized carbons (Fsp3) is 0.176. The Kier molecular flexibility index (Phi) is 4.80. The van der Waals surface area contributed by atoms with Crippen molar-refractivity contribution in [3.63, 3.8) is 0 Å². The Morgan fingerprint density at radius 1 is 1.29 bits per heavy atom. The summed E-state index contributed by atoms with van der Waals surface area (Å²) in [7, 11) is 0. The lowest BCUT2D eigenvalue weighted by Crippen LogP contribution is -2.40. The van der Waals surface area contributed by atoms with Gasteiger partial charge in [0.1, 0.15) is 5.82 Å². The first-order valence-corrected chi connectivity index (χ1v) is 8.42. The van der Waals surface area contributed by atoms with Gasteiger partial charge in [-0.25, -0.2) is 4.39 Å². The average molecular weight is 365 g/mol. The van der Waals surface area contributed by atoms with Crippen molar-refractivity contribution in [2.75, 3.05) is 18.1 Å². The summed E-state index contributed by atoms with van der Waals surface area (Å²) in [5.41, 5.74) is 0.544. The third kappa shape index (κ3) is 3.26. The van der Waals surface area contributed by atoms with Gasteiger partial charge in [0.05, 0.1) is 22.3 Å². The Balaban J connectivity index is 1.83. The first-order valence-electron chi connectivity index (χ1n) is 7.23. The molecule has 0 N–H and O–H groups in total. The zero-order chi connectivity index (χ0) is 17.3. The van der Waals surface area contributed by atoms with Crippen molar-refractivity contribution < 1.29 is 14.0 Å². The van der Waals surface area contributed by atoms with Crippen LogP contribution in [0.25, 0.3) is 0 Å². The number of benzene rings is 1. The van der Waals surface area contributed by atoms with E-state index in [0.717, 1.165) is 10.9 Å². The minimum absolute atomic E-state index is 0.109. The summed E-state index contributed by atoms with van der Waals surface area (Å²) in [4.78, 5) is 28.7. The molecule has 1 aromatic carbocycles. The number of ketones is 1. The summed E-state index contributed by atoms with van der Waals surface area (Å²) in [5.74, 6) is -1.86. The molecule has 0 unspecified atom stereocenters. The maximum atomic E-state index is 13.3. The lowest BCUT2D eigenvalue weighted by Gasteiger charge is -2.26. The van der Waals surface area contributed by atoms with Crippen LogP contribution in [0, 0.1) is 5.82 Å². The van der Waals surface area contributed by atoms with Crippen LogP contribution in [0.2, 0.25) is 4.34 Å². The summed E-state index contributed by atoms with van der Waals surface area (Å²) in [6.45, 7) is 5.04. The number of carbonyl (C=O) groups is 2. The van der Waals surface area contributed by atoms with E-state index in [1.165, 1.54) is 28.4 Å². The Bertz CT molecular complexity index is 821. The van der Waals surface area contributed by atoms with E-state index in [9.17, 15) is 14.0 Å². The average Bonchev–Trinajstić information content (AvgIpc) is 3.05. The van der Waals surface area contributed by atoms with Crippen LogP contribution >= 0.6 is 22.9 Å². The molecule has 0 radical (unpaired) electrons. The lowest BCUT2D eigenvalue weighted by atomic mass is 10.1. The van der Waals surface area contributed by atoms with Gasteiger partial charge in [-0.1, -0.05) is 17.7 Å². The van der Waals surface area contributed by atoms with Crippen molar-refractivity contribution >= 4 is 40.3 Å². The Labute approximate surface area is 147 Å². The van der Waals surface area contributed by atoms with E-state index in [1.54, 1.807) is 6.08 Å². The number of anilines is 1. The monoisotopic (exact) mass is 364 g/mol. The Morgan fingerprint density at radius 3 is 2.75 bits per heavy atom. The molecular formula is C17H14ClFN2O2S. The summed E-state index contributed by atoms with van der Waals surface area (Å²) in [6.07, 6.45) is 1.73. The lowest BCUT2D eigenvalue weighted by molar-refractivity contribution is -0.114. The fourth-order valence-corrected chi connectivity index (χ4v) is 3.76. The number of fused-ring (bicyclic) bond motifs is 1. The number of halogens is 2. The number of Topliss-reactive ketones (excluding diaryl/α,β-unsaturated/α-hetero) is 1. The maximum absolute atomic E-state index is 13.3. The summed E-state index contributed by atoms with van der Waals surface area (Å²) >= 11 is 7.41. The topological polar surface area (TPSA) is 40.6 Å². The number of nitrogens with zero attached hydrogens (tertiary/aromatic N) is 2. The molecule has 0 bridgehead atoms. The summed E-state index contributed by atoms with van der Waals surface area (Å²) < 4.78 is 14.0. The molecule has 2 heterocycles. The number of rotatable bonds is 6. The second-order valence-electron chi connectivity index (χ2n) is 5.37. The quantitative estimate of drug-likeness (QED) is 0.579. The standard InChI is InChI=1S/C17H14ClFN2O2S/c1-2-7-20(9-12-4-6-15(18)24-12)10-21-14-5-3-11(19)8-13(14)16(22)17(21)23/h2-6,8H,1,7,9-10H2. The largest absolute Gasteiger partial charge is 0.300 e. The van der Waals surface area contributed by atoms with E-state index in [4.69, 9.17) is 11.6 Å². The van der Waals surface area contributed by atoms with E-state index < -0.39 is 17.5 Å². The molecule has 2 aromatic rings. The zero-order valence-corrected chi connectivity index (χ0v) is 14.2. The Hall–Kier alpha value is -2.02. The summed E-state index contributed by atoms with van der Waals surface area (Å²) in [6, 6.07) is 7.54. The second kappa shape index (κ2) is 6.84. The van der Waals surface area contributed by atoms with Crippen LogP contribution in [0.3, 0.4) is 0 Å². The zero-order valence-electron chi connectivity index (χ0n) is 12.7. The van der Waals surface area contributed by atoms with Crippen LogP contribution in [0.5, 0.6) is 0 Å². The van der Waals surface area contributed by atoms with Gasteiger partial charge in [0.15, 0.2) is 0 Å². The Morgan fingerprint density at radius 2 is 2.08 bits per heavy atom. The highest BCUT2D eigenvalue weighted by atomic mass is 35.5. The molecule has 1 aromatic heterocycles. The smallest absolute Gasteiger partial charge is 0.291 e. The number of thiophene rings is 1. The van der Waals surface area contributed by atoms with Crippen LogP contribution in [0.4, 0.5) is 10.1 Å². The molecule has 1 amide bonds. The van der Waals surface area contributed by atoms with E-state index in [1.807, 2.05) is 17.0 Å². The molecule has 3 rings (SSSR count). The molecule has 1 aliphatic heterocycles. The maximum Gasteiger partial charge on any atom is 0.300 e. The molecule has 0 saturated heterocycles. The number of hydrogen-bond acceptors (Lipinski definition) is 4. The van der Waals surface area contributed by atoms with Gasteiger partial charge in [-0.15, -0.1) is 17.9 Å². The molecule has 124 valence electrons. The highest BCUT2D eigenvalue weighted by Gasteiger charge is 2.36. The van der Waals surface area contributed by atoms with Crippen molar-refractivity contribution in [1.82, 2.24) is 4.90 Å². The fourth-order valence-electron chi connectivity index (χ4n) is 2.63. The number of carbonyl (C=O) groups excluding carboxylic acids is 2. The third-order valence-electron chi connectivity index (χ3n) is 3.67. The second-order valence-corrected chi connectivity index (χ2v) is 7.17. The van der Waals surface area contributed by atoms with E-state index in [0.29, 0.717) is 23.1 Å². The van der Waals surface area contributed by atoms with Crippen LogP contribution in [0.1, 0.15) is 15.2 Å². The molecule has 0 aliphatic carbocycles. The first kappa shape index (κ1) is 16.8. The van der Waals surface area contributed by atoms with Gasteiger partial charge >= 0.3 is 5.91 Å². The van der Waals surface area contributed by atoms with Crippen molar-refractivity contribution in [3.05, 3.63) is 63.6 Å². The molecule has 0 saturated carbocycles. The van der Waals surface area contributed by atoms with Gasteiger partial charge in [0.25, 0.3) is 5.78 Å². The minimum Gasteiger partial charge on any atom is -0.291 e. The summed E-state index contributed by atoms with van der Waals surface area (Å²) in [5, 5.41) is 0. The molecule has 4 nitrogen and oxygen atoms in total. The van der Waals surface area contributed by atoms with Crippen molar-refractivity contribution in [2.24, 2.45) is 0 Å². The van der Waals surface area contributed by atoms with Gasteiger partial charge in [-0.2, -0.15) is 0 Å². The van der Waals surface area contributed by atoms with E-state index in [2.05, 4.69) is 6.58 Å². The van der Waals surface area contributed by atoms with Crippen LogP contribution < -0.4 is 4.90 Å². The van der Waals surface area contributed by atoms with Crippen LogP contribution in [-0.4, -0.2) is 29.8 Å². The number of amides is 1. The number of hydrogen-bond donors (Lipinski definition) is 0. The van der Waals surface area contributed by atoms with Crippen molar-refractivity contribution in [1.29, 1.82) is 0 Å². The van der Waals surface area contributed by atoms with Gasteiger partial charge < -0.3 is 0 Å². The molecule has 0 spiro atoms. The highest BCUT2D eigenvalue weighted by Crippen LogP contribution is 2.30. The molecule has 0 atom stereocenters. The van der Waals surface area contributed by atoms with Gasteiger partial charge in [0, 0.05) is 18.0 Å². The molecule has 1 aliphatic rings. The van der Waals surface area contributed by atoms with Crippen molar-refractivity contribution in [2.45, 2.75) is 6.54 Å². The van der Waals surface area contributed by atoms with Gasteiger partial charge in [-0.3, -0.25) is 19.4 Å². The SMILES string of the molecule is C=CCN(Cc1ccc(Cl)s1)CN1C(=O)C(=O)c2cc(F)ccc21.